The van der Waals surface area contributed by atoms with Gasteiger partial charge in [-0.15, -0.1) is 11.3 Å². The van der Waals surface area contributed by atoms with Crippen LogP contribution in [-0.4, -0.2) is 38.1 Å². The first kappa shape index (κ1) is 15.2. The Morgan fingerprint density at radius 2 is 1.96 bits per heavy atom. The molecule has 2 aromatic heterocycles. The predicted molar refractivity (Wildman–Crippen MR) is 99.9 cm³/mol. The Kier molecular flexibility index (Phi) is 3.78. The molecule has 5 nitrogen and oxygen atoms in total. The molecule has 0 aliphatic carbocycles. The largest absolute Gasteiger partial charge is 0.439 e. The summed E-state index contributed by atoms with van der Waals surface area (Å²) in [6.07, 6.45) is 0. The smallest absolute Gasteiger partial charge is 0.204 e. The molecule has 1 fully saturated rings. The third-order valence-electron chi connectivity index (χ3n) is 4.44. The molecule has 4 rings (SSSR count). The quantitative estimate of drug-likeness (QED) is 0.726. The van der Waals surface area contributed by atoms with Crippen molar-refractivity contribution in [3.05, 3.63) is 45.9 Å². The van der Waals surface area contributed by atoms with Gasteiger partial charge in [-0.25, -0.2) is 0 Å². The van der Waals surface area contributed by atoms with E-state index in [1.807, 2.05) is 29.6 Å². The van der Waals surface area contributed by atoms with E-state index in [0.29, 0.717) is 21.9 Å². The van der Waals surface area contributed by atoms with Crippen molar-refractivity contribution in [2.24, 2.45) is 0 Å². The summed E-state index contributed by atoms with van der Waals surface area (Å²) in [5.74, 6) is 0.657. The minimum absolute atomic E-state index is 0.0188. The van der Waals surface area contributed by atoms with Crippen LogP contribution in [0.25, 0.3) is 21.4 Å². The summed E-state index contributed by atoms with van der Waals surface area (Å²) in [7, 11) is 2.10. The van der Waals surface area contributed by atoms with Gasteiger partial charge in [0.05, 0.1) is 0 Å². The summed E-state index contributed by atoms with van der Waals surface area (Å²) < 4.78 is 6.82. The van der Waals surface area contributed by atoms with Crippen LogP contribution in [-0.2, 0) is 0 Å². The molecule has 3 aromatic rings. The number of hydrogen-bond acceptors (Lipinski definition) is 6. The average molecular weight is 341 g/mol. The van der Waals surface area contributed by atoms with E-state index in [4.69, 9.17) is 10.2 Å². The van der Waals surface area contributed by atoms with E-state index >= 15 is 0 Å². The fourth-order valence-corrected chi connectivity index (χ4v) is 3.93. The van der Waals surface area contributed by atoms with Crippen LogP contribution in [0.1, 0.15) is 0 Å². The van der Waals surface area contributed by atoms with Crippen molar-refractivity contribution < 1.29 is 4.42 Å². The maximum atomic E-state index is 12.5. The summed E-state index contributed by atoms with van der Waals surface area (Å²) >= 11 is 1.42. The first-order valence-corrected chi connectivity index (χ1v) is 8.84. The highest BCUT2D eigenvalue weighted by molar-refractivity contribution is 7.17. The molecule has 0 saturated carbocycles. The van der Waals surface area contributed by atoms with E-state index in [1.165, 1.54) is 11.3 Å². The van der Waals surface area contributed by atoms with Gasteiger partial charge in [-0.1, -0.05) is 12.1 Å². The Bertz CT molecular complexity index is 939. The number of fused-ring (bicyclic) bond motifs is 1. The average Bonchev–Trinajstić information content (AvgIpc) is 3.00. The molecule has 2 N–H and O–H groups in total. The van der Waals surface area contributed by atoms with Crippen molar-refractivity contribution in [2.45, 2.75) is 0 Å². The zero-order chi connectivity index (χ0) is 16.7. The zero-order valence-corrected chi connectivity index (χ0v) is 14.3. The predicted octanol–water partition coefficient (Wildman–Crippen LogP) is 2.86. The van der Waals surface area contributed by atoms with Gasteiger partial charge in [0, 0.05) is 48.9 Å². The number of piperazine rings is 1. The normalized spacial score (nSPS) is 16.0. The Hall–Kier alpha value is -2.31. The molecule has 3 heterocycles. The van der Waals surface area contributed by atoms with Crippen LogP contribution in [0.2, 0.25) is 0 Å². The van der Waals surface area contributed by atoms with Crippen LogP contribution in [0.15, 0.2) is 44.9 Å². The van der Waals surface area contributed by atoms with Crippen LogP contribution in [0.4, 0.5) is 11.6 Å². The maximum Gasteiger partial charge on any atom is 0.204 e. The molecule has 1 saturated heterocycles. The highest BCUT2D eigenvalue weighted by Crippen LogP contribution is 2.35. The SMILES string of the molecule is CN1CCN(c2cc(=O)c3scc(-c4cccc(N)c4)c3o2)CC1. The van der Waals surface area contributed by atoms with Gasteiger partial charge >= 0.3 is 0 Å². The number of likely N-dealkylation sites (N-methyl/N-ethyl adjacent to an activating group) is 1. The Labute approximate surface area is 143 Å². The number of nitrogens with zero attached hydrogens (tertiary/aromatic N) is 2. The summed E-state index contributed by atoms with van der Waals surface area (Å²) in [5, 5.41) is 1.97. The van der Waals surface area contributed by atoms with Gasteiger partial charge in [0.15, 0.2) is 11.5 Å². The van der Waals surface area contributed by atoms with Gasteiger partial charge < -0.3 is 20.0 Å². The van der Waals surface area contributed by atoms with E-state index in [0.717, 1.165) is 37.3 Å². The lowest BCUT2D eigenvalue weighted by Gasteiger charge is -2.32. The lowest BCUT2D eigenvalue weighted by atomic mass is 10.1. The standard InChI is InChI=1S/C18H19N3O2S/c1-20-5-7-21(8-6-20)16-10-15(22)18-17(23-16)14(11-24-18)12-3-2-4-13(19)9-12/h2-4,9-11H,5-8,19H2,1H3. The number of rotatable bonds is 2. The van der Waals surface area contributed by atoms with Crippen LogP contribution in [0.5, 0.6) is 0 Å². The number of anilines is 2. The monoisotopic (exact) mass is 341 g/mol. The van der Waals surface area contributed by atoms with E-state index in [1.54, 1.807) is 6.07 Å². The molecule has 0 unspecified atom stereocenters. The second-order valence-electron chi connectivity index (χ2n) is 6.17. The van der Waals surface area contributed by atoms with Crippen molar-refractivity contribution in [3.63, 3.8) is 0 Å². The van der Waals surface area contributed by atoms with Crippen molar-refractivity contribution in [1.29, 1.82) is 0 Å². The fraction of sp³-hybridized carbons (Fsp3) is 0.278. The van der Waals surface area contributed by atoms with Crippen molar-refractivity contribution in [2.75, 3.05) is 43.9 Å². The van der Waals surface area contributed by atoms with Crippen LogP contribution in [0, 0.1) is 0 Å². The molecule has 0 radical (unpaired) electrons. The summed E-state index contributed by atoms with van der Waals surface area (Å²) in [5.41, 5.74) is 9.17. The molecule has 24 heavy (non-hydrogen) atoms. The summed E-state index contributed by atoms with van der Waals surface area (Å²) in [6, 6.07) is 9.28. The first-order chi connectivity index (χ1) is 11.6. The maximum absolute atomic E-state index is 12.5. The molecule has 0 bridgehead atoms. The summed E-state index contributed by atoms with van der Waals surface area (Å²) in [4.78, 5) is 16.9. The van der Waals surface area contributed by atoms with Gasteiger partial charge in [0.1, 0.15) is 4.70 Å². The second-order valence-corrected chi connectivity index (χ2v) is 7.05. The van der Waals surface area contributed by atoms with Gasteiger partial charge in [-0.3, -0.25) is 4.79 Å². The van der Waals surface area contributed by atoms with Gasteiger partial charge in [0.25, 0.3) is 0 Å². The van der Waals surface area contributed by atoms with E-state index in [2.05, 4.69) is 16.8 Å². The Morgan fingerprint density at radius 1 is 1.17 bits per heavy atom. The minimum Gasteiger partial charge on any atom is -0.439 e. The van der Waals surface area contributed by atoms with Crippen LogP contribution in [0.3, 0.4) is 0 Å². The number of benzene rings is 1. The highest BCUT2D eigenvalue weighted by atomic mass is 32.1. The number of thiophene rings is 1. The minimum atomic E-state index is 0.0188. The highest BCUT2D eigenvalue weighted by Gasteiger charge is 2.19. The summed E-state index contributed by atoms with van der Waals surface area (Å²) in [6.45, 7) is 3.66. The number of nitrogens with two attached hydrogens (primary N) is 1. The van der Waals surface area contributed by atoms with Crippen molar-refractivity contribution >= 4 is 33.2 Å². The van der Waals surface area contributed by atoms with E-state index in [9.17, 15) is 4.79 Å². The van der Waals surface area contributed by atoms with E-state index in [-0.39, 0.29) is 5.43 Å². The molecule has 124 valence electrons. The second kappa shape index (κ2) is 5.96. The molecular weight excluding hydrogens is 322 g/mol. The molecule has 0 spiro atoms. The molecule has 1 aromatic carbocycles. The Morgan fingerprint density at radius 3 is 2.71 bits per heavy atom. The third-order valence-corrected chi connectivity index (χ3v) is 5.42. The Balaban J connectivity index is 1.81. The van der Waals surface area contributed by atoms with Crippen LogP contribution < -0.4 is 16.1 Å². The zero-order valence-electron chi connectivity index (χ0n) is 13.5. The van der Waals surface area contributed by atoms with Crippen molar-refractivity contribution in [3.8, 4) is 11.1 Å². The van der Waals surface area contributed by atoms with Crippen molar-refractivity contribution in [1.82, 2.24) is 4.90 Å². The van der Waals surface area contributed by atoms with Gasteiger partial charge in [0.2, 0.25) is 5.43 Å². The lowest BCUT2D eigenvalue weighted by Crippen LogP contribution is -2.44. The number of hydrogen-bond donors (Lipinski definition) is 1. The van der Waals surface area contributed by atoms with Crippen LogP contribution >= 0.6 is 11.3 Å². The fourth-order valence-electron chi connectivity index (χ4n) is 3.02. The van der Waals surface area contributed by atoms with Gasteiger partial charge in [-0.05, 0) is 24.7 Å². The molecule has 0 atom stereocenters. The van der Waals surface area contributed by atoms with Gasteiger partial charge in [-0.2, -0.15) is 0 Å². The first-order valence-electron chi connectivity index (χ1n) is 7.96. The molecule has 0 amide bonds. The topological polar surface area (TPSA) is 62.7 Å². The molecule has 1 aliphatic heterocycles. The van der Waals surface area contributed by atoms with E-state index < -0.39 is 0 Å². The molecule has 1 aliphatic rings. The molecular formula is C18H19N3O2S. The lowest BCUT2D eigenvalue weighted by molar-refractivity contribution is 0.306. The molecule has 6 heteroatoms. The number of nitrogen functional groups attached to an aromatic ring is 1. The third kappa shape index (κ3) is 2.68.